The van der Waals surface area contributed by atoms with Gasteiger partial charge in [0.05, 0.1) is 30.6 Å². The Labute approximate surface area is 201 Å². The van der Waals surface area contributed by atoms with E-state index in [9.17, 15) is 9.90 Å². The van der Waals surface area contributed by atoms with E-state index in [0.29, 0.717) is 38.3 Å². The van der Waals surface area contributed by atoms with Gasteiger partial charge in [0.2, 0.25) is 0 Å². The number of methoxy groups -OCH3 is 1. The fourth-order valence-electron chi connectivity index (χ4n) is 4.84. The molecule has 8 nitrogen and oxygen atoms in total. The Balaban J connectivity index is 1.44. The van der Waals surface area contributed by atoms with Crippen LogP contribution in [-0.2, 0) is 9.47 Å². The van der Waals surface area contributed by atoms with Crippen LogP contribution in [0, 0.1) is 6.92 Å². The topological polar surface area (TPSA) is 84.4 Å². The van der Waals surface area contributed by atoms with E-state index in [1.807, 2.05) is 49.9 Å². The van der Waals surface area contributed by atoms with Crippen molar-refractivity contribution in [2.24, 2.45) is 0 Å². The normalized spacial score (nSPS) is 20.1. The number of likely N-dealkylation sites (tertiary alicyclic amines) is 1. The second kappa shape index (κ2) is 10.2. The van der Waals surface area contributed by atoms with E-state index >= 15 is 0 Å². The molecule has 0 saturated carbocycles. The predicted octanol–water partition coefficient (Wildman–Crippen LogP) is 3.41. The van der Waals surface area contributed by atoms with Gasteiger partial charge in [-0.1, -0.05) is 0 Å². The third kappa shape index (κ3) is 5.45. The summed E-state index contributed by atoms with van der Waals surface area (Å²) in [7, 11) is 1.68. The number of pyridine rings is 1. The molecule has 0 bridgehead atoms. The SMILES string of the molecule is COCC1CN(c2ccc(O)cn2)CC2(CCN(C(=O)c3ccc(OC(C)C)c(C)c3)CC2)O1. The number of carbonyl (C=O) groups excluding carboxylic acids is 1. The van der Waals surface area contributed by atoms with Gasteiger partial charge in [-0.05, 0) is 69.5 Å². The molecular weight excluding hydrogens is 434 g/mol. The molecule has 0 aliphatic carbocycles. The summed E-state index contributed by atoms with van der Waals surface area (Å²) < 4.78 is 17.7. The third-order valence-electron chi connectivity index (χ3n) is 6.47. The Morgan fingerprint density at radius 3 is 2.65 bits per heavy atom. The van der Waals surface area contributed by atoms with E-state index in [1.54, 1.807) is 13.2 Å². The minimum atomic E-state index is -0.372. The van der Waals surface area contributed by atoms with Crippen LogP contribution in [-0.4, -0.2) is 78.6 Å². The van der Waals surface area contributed by atoms with Crippen molar-refractivity contribution in [2.75, 3.05) is 44.8 Å². The number of hydrogen-bond donors (Lipinski definition) is 1. The molecule has 2 saturated heterocycles. The summed E-state index contributed by atoms with van der Waals surface area (Å²) in [4.78, 5) is 21.7. The maximum atomic E-state index is 13.2. The highest BCUT2D eigenvalue weighted by Gasteiger charge is 2.44. The molecule has 8 heteroatoms. The summed E-state index contributed by atoms with van der Waals surface area (Å²) >= 11 is 0. The molecule has 184 valence electrons. The fourth-order valence-corrected chi connectivity index (χ4v) is 4.84. The number of rotatable bonds is 6. The van der Waals surface area contributed by atoms with Crippen LogP contribution in [0.2, 0.25) is 0 Å². The van der Waals surface area contributed by atoms with Crippen LogP contribution in [0.3, 0.4) is 0 Å². The molecule has 2 aromatic rings. The second-order valence-corrected chi connectivity index (χ2v) is 9.57. The minimum absolute atomic E-state index is 0.0374. The average molecular weight is 470 g/mol. The first-order valence-electron chi connectivity index (χ1n) is 11.9. The van der Waals surface area contributed by atoms with Crippen LogP contribution in [0.5, 0.6) is 11.5 Å². The number of morpholine rings is 1. The van der Waals surface area contributed by atoms with Crippen LogP contribution in [0.15, 0.2) is 36.5 Å². The van der Waals surface area contributed by atoms with Crippen LogP contribution >= 0.6 is 0 Å². The lowest BCUT2D eigenvalue weighted by Gasteiger charge is -2.50. The van der Waals surface area contributed by atoms with Gasteiger partial charge in [-0.3, -0.25) is 4.79 Å². The van der Waals surface area contributed by atoms with Gasteiger partial charge in [0.1, 0.15) is 17.3 Å². The molecule has 1 N–H and O–H groups in total. The van der Waals surface area contributed by atoms with E-state index in [-0.39, 0.29) is 29.5 Å². The molecule has 0 radical (unpaired) electrons. The fraction of sp³-hybridized carbons (Fsp3) is 0.538. The molecule has 1 unspecified atom stereocenters. The standard InChI is InChI=1S/C26H35N3O5/c1-18(2)33-23-7-5-20(13-19(23)3)25(31)28-11-9-26(10-12-28)17-29(15-22(34-26)16-32-4)24-8-6-21(30)14-27-24/h5-8,13-14,18,22,30H,9-12,15-17H2,1-4H3. The molecule has 4 rings (SSSR count). The van der Waals surface area contributed by atoms with Gasteiger partial charge in [-0.25, -0.2) is 4.98 Å². The number of benzene rings is 1. The van der Waals surface area contributed by atoms with Crippen molar-refractivity contribution < 1.29 is 24.1 Å². The molecule has 3 heterocycles. The van der Waals surface area contributed by atoms with E-state index in [2.05, 4.69) is 9.88 Å². The number of carbonyl (C=O) groups is 1. The molecule has 1 amide bonds. The van der Waals surface area contributed by atoms with Crippen molar-refractivity contribution >= 4 is 11.7 Å². The lowest BCUT2D eigenvalue weighted by molar-refractivity contribution is -0.145. The number of nitrogens with zero attached hydrogens (tertiary/aromatic N) is 3. The van der Waals surface area contributed by atoms with Crippen molar-refractivity contribution in [3.63, 3.8) is 0 Å². The summed E-state index contributed by atoms with van der Waals surface area (Å²) in [5.74, 6) is 1.80. The second-order valence-electron chi connectivity index (χ2n) is 9.57. The van der Waals surface area contributed by atoms with E-state index < -0.39 is 0 Å². The first kappa shape index (κ1) is 24.3. The minimum Gasteiger partial charge on any atom is -0.506 e. The van der Waals surface area contributed by atoms with Crippen LogP contribution < -0.4 is 9.64 Å². The monoisotopic (exact) mass is 469 g/mol. The molecule has 1 spiro atoms. The Bertz CT molecular complexity index is 986. The summed E-state index contributed by atoms with van der Waals surface area (Å²) in [6.07, 6.45) is 2.94. The zero-order valence-corrected chi connectivity index (χ0v) is 20.5. The summed E-state index contributed by atoms with van der Waals surface area (Å²) in [6, 6.07) is 9.12. The number of hydrogen-bond acceptors (Lipinski definition) is 7. The highest BCUT2D eigenvalue weighted by atomic mass is 16.5. The number of aromatic nitrogens is 1. The largest absolute Gasteiger partial charge is 0.506 e. The molecule has 2 aliphatic rings. The molecule has 2 aliphatic heterocycles. The number of aryl methyl sites for hydroxylation is 1. The maximum Gasteiger partial charge on any atom is 0.253 e. The molecular formula is C26H35N3O5. The summed E-state index contributed by atoms with van der Waals surface area (Å²) in [6.45, 7) is 9.04. The molecule has 1 aromatic heterocycles. The zero-order chi connectivity index (χ0) is 24.3. The summed E-state index contributed by atoms with van der Waals surface area (Å²) in [5, 5.41) is 9.61. The number of aromatic hydroxyl groups is 1. The molecule has 34 heavy (non-hydrogen) atoms. The van der Waals surface area contributed by atoms with Crippen LogP contribution in [0.25, 0.3) is 0 Å². The van der Waals surface area contributed by atoms with Crippen LogP contribution in [0.1, 0.15) is 42.6 Å². The van der Waals surface area contributed by atoms with E-state index in [4.69, 9.17) is 14.2 Å². The van der Waals surface area contributed by atoms with Crippen molar-refractivity contribution in [1.82, 2.24) is 9.88 Å². The number of anilines is 1. The first-order chi connectivity index (χ1) is 16.3. The average Bonchev–Trinajstić information content (AvgIpc) is 2.81. The van der Waals surface area contributed by atoms with Gasteiger partial charge >= 0.3 is 0 Å². The van der Waals surface area contributed by atoms with Crippen molar-refractivity contribution in [3.05, 3.63) is 47.7 Å². The van der Waals surface area contributed by atoms with E-state index in [0.717, 1.165) is 30.0 Å². The molecule has 1 aromatic carbocycles. The smallest absolute Gasteiger partial charge is 0.253 e. The van der Waals surface area contributed by atoms with Gasteiger partial charge < -0.3 is 29.1 Å². The zero-order valence-electron chi connectivity index (χ0n) is 20.5. The van der Waals surface area contributed by atoms with Gasteiger partial charge in [0.15, 0.2) is 0 Å². The van der Waals surface area contributed by atoms with Gasteiger partial charge in [0.25, 0.3) is 5.91 Å². The maximum absolute atomic E-state index is 13.2. The van der Waals surface area contributed by atoms with Gasteiger partial charge in [-0.2, -0.15) is 0 Å². The molecule has 2 fully saturated rings. The van der Waals surface area contributed by atoms with Crippen molar-refractivity contribution in [2.45, 2.75) is 51.4 Å². The summed E-state index contributed by atoms with van der Waals surface area (Å²) in [5.41, 5.74) is 1.27. The van der Waals surface area contributed by atoms with E-state index in [1.165, 1.54) is 6.20 Å². The Morgan fingerprint density at radius 2 is 2.03 bits per heavy atom. The predicted molar refractivity (Wildman–Crippen MR) is 130 cm³/mol. The van der Waals surface area contributed by atoms with Gasteiger partial charge in [0, 0.05) is 38.9 Å². The lowest BCUT2D eigenvalue weighted by Crippen LogP contribution is -2.61. The quantitative estimate of drug-likeness (QED) is 0.694. The highest BCUT2D eigenvalue weighted by Crippen LogP contribution is 2.35. The third-order valence-corrected chi connectivity index (χ3v) is 6.47. The Hall–Kier alpha value is -2.84. The number of ether oxygens (including phenoxy) is 3. The van der Waals surface area contributed by atoms with Crippen LogP contribution in [0.4, 0.5) is 5.82 Å². The number of piperidine rings is 1. The first-order valence-corrected chi connectivity index (χ1v) is 11.9. The molecule has 1 atom stereocenters. The van der Waals surface area contributed by atoms with Gasteiger partial charge in [-0.15, -0.1) is 0 Å². The Morgan fingerprint density at radius 1 is 1.26 bits per heavy atom. The van der Waals surface area contributed by atoms with Crippen molar-refractivity contribution in [1.29, 1.82) is 0 Å². The van der Waals surface area contributed by atoms with Crippen molar-refractivity contribution in [3.8, 4) is 11.5 Å². The Kier molecular flexibility index (Phi) is 7.28. The number of amides is 1. The highest BCUT2D eigenvalue weighted by molar-refractivity contribution is 5.94. The lowest BCUT2D eigenvalue weighted by atomic mass is 9.88.